The Morgan fingerprint density at radius 2 is 1.81 bits per heavy atom. The number of sulfone groups is 1. The predicted molar refractivity (Wildman–Crippen MR) is 65.1 cm³/mol. The van der Waals surface area contributed by atoms with Gasteiger partial charge >= 0.3 is 0 Å². The zero-order valence-electron chi connectivity index (χ0n) is 8.63. The van der Waals surface area contributed by atoms with Crippen LogP contribution in [0.25, 0.3) is 0 Å². The van der Waals surface area contributed by atoms with E-state index in [0.717, 1.165) is 16.3 Å². The second kappa shape index (κ2) is 3.96. The Labute approximate surface area is 103 Å². The maximum absolute atomic E-state index is 11.4. The molecule has 1 aromatic rings. The zero-order valence-corrected chi connectivity index (χ0v) is 11.0. The van der Waals surface area contributed by atoms with E-state index < -0.39 is 15.1 Å². The molecule has 0 heterocycles. The third-order valence-electron chi connectivity index (χ3n) is 2.91. The van der Waals surface area contributed by atoms with Crippen molar-refractivity contribution >= 4 is 32.1 Å². The molecule has 16 heavy (non-hydrogen) atoms. The minimum atomic E-state index is -3.14. The third-order valence-corrected chi connectivity index (χ3v) is 5.04. The minimum Gasteiger partial charge on any atom is -0.303 e. The summed E-state index contributed by atoms with van der Waals surface area (Å²) in [7, 11) is -3.14. The second-order valence-corrected chi connectivity index (χ2v) is 7.20. The van der Waals surface area contributed by atoms with Crippen molar-refractivity contribution in [2.24, 2.45) is 5.92 Å². The SMILES string of the molecule is CS(=O)(=O)[C@@H]1[C@H](C=O)[C@H]1c1ccc(Br)cc1. The number of hydrogen-bond acceptors (Lipinski definition) is 3. The number of halogens is 1. The highest BCUT2D eigenvalue weighted by Gasteiger charge is 2.57. The molecule has 0 aromatic heterocycles. The van der Waals surface area contributed by atoms with Gasteiger partial charge in [0.2, 0.25) is 0 Å². The van der Waals surface area contributed by atoms with Crippen molar-refractivity contribution in [1.29, 1.82) is 0 Å². The molecule has 1 aliphatic rings. The van der Waals surface area contributed by atoms with Gasteiger partial charge in [0.25, 0.3) is 0 Å². The lowest BCUT2D eigenvalue weighted by atomic mass is 10.1. The number of carbonyl (C=O) groups excluding carboxylic acids is 1. The second-order valence-electron chi connectivity index (χ2n) is 4.08. The fraction of sp³-hybridized carbons (Fsp3) is 0.364. The van der Waals surface area contributed by atoms with Crippen LogP contribution in [-0.4, -0.2) is 26.2 Å². The van der Waals surface area contributed by atoms with E-state index in [2.05, 4.69) is 15.9 Å². The first kappa shape index (κ1) is 11.8. The highest BCUT2D eigenvalue weighted by Crippen LogP contribution is 2.50. The van der Waals surface area contributed by atoms with E-state index in [1.807, 2.05) is 24.3 Å². The largest absolute Gasteiger partial charge is 0.303 e. The van der Waals surface area contributed by atoms with Crippen molar-refractivity contribution in [2.75, 3.05) is 6.26 Å². The Morgan fingerprint density at radius 1 is 1.25 bits per heavy atom. The lowest BCUT2D eigenvalue weighted by Crippen LogP contribution is -2.07. The standard InChI is InChI=1S/C11H11BrO3S/c1-16(14,15)11-9(6-13)10(11)7-2-4-8(12)5-3-7/h2-6,9-11H,1H3/t9-,10-,11-/m1/s1. The number of aldehydes is 1. The fourth-order valence-electron chi connectivity index (χ4n) is 2.12. The highest BCUT2D eigenvalue weighted by molar-refractivity contribution is 9.10. The lowest BCUT2D eigenvalue weighted by Gasteiger charge is -1.99. The topological polar surface area (TPSA) is 51.2 Å². The van der Waals surface area contributed by atoms with Crippen LogP contribution in [0.5, 0.6) is 0 Å². The van der Waals surface area contributed by atoms with E-state index in [1.54, 1.807) is 0 Å². The Balaban J connectivity index is 2.30. The van der Waals surface area contributed by atoms with Crippen LogP contribution in [0, 0.1) is 5.92 Å². The highest BCUT2D eigenvalue weighted by atomic mass is 79.9. The number of hydrogen-bond donors (Lipinski definition) is 0. The quantitative estimate of drug-likeness (QED) is 0.800. The van der Waals surface area contributed by atoms with E-state index in [0.29, 0.717) is 0 Å². The predicted octanol–water partition coefficient (Wildman–Crippen LogP) is 1.77. The maximum Gasteiger partial charge on any atom is 0.151 e. The molecule has 1 saturated carbocycles. The van der Waals surface area contributed by atoms with Gasteiger partial charge in [0.15, 0.2) is 9.84 Å². The summed E-state index contributed by atoms with van der Waals surface area (Å²) in [6, 6.07) is 7.43. The summed E-state index contributed by atoms with van der Waals surface area (Å²) in [4.78, 5) is 10.8. The number of carbonyl (C=O) groups is 1. The van der Waals surface area contributed by atoms with Crippen LogP contribution in [0.3, 0.4) is 0 Å². The van der Waals surface area contributed by atoms with Crippen molar-refractivity contribution in [1.82, 2.24) is 0 Å². The normalized spacial score (nSPS) is 28.8. The number of benzene rings is 1. The molecular weight excluding hydrogens is 292 g/mol. The van der Waals surface area contributed by atoms with Crippen LogP contribution in [0.4, 0.5) is 0 Å². The van der Waals surface area contributed by atoms with E-state index in [4.69, 9.17) is 0 Å². The molecule has 0 spiro atoms. The van der Waals surface area contributed by atoms with Gasteiger partial charge in [0.05, 0.1) is 5.25 Å². The summed E-state index contributed by atoms with van der Waals surface area (Å²) in [6.07, 6.45) is 1.94. The Morgan fingerprint density at radius 3 is 2.19 bits per heavy atom. The van der Waals surface area contributed by atoms with Crippen molar-refractivity contribution in [2.45, 2.75) is 11.2 Å². The molecule has 3 nitrogen and oxygen atoms in total. The van der Waals surface area contributed by atoms with Gasteiger partial charge in [-0.25, -0.2) is 8.42 Å². The molecule has 1 fully saturated rings. The zero-order chi connectivity index (χ0) is 11.9. The summed E-state index contributed by atoms with van der Waals surface area (Å²) in [5.41, 5.74) is 0.913. The van der Waals surface area contributed by atoms with Gasteiger partial charge in [-0.2, -0.15) is 0 Å². The molecule has 5 heteroatoms. The summed E-state index contributed by atoms with van der Waals surface area (Å²) in [5, 5.41) is -0.536. The molecule has 86 valence electrons. The molecule has 0 amide bonds. The van der Waals surface area contributed by atoms with Gasteiger partial charge in [-0.05, 0) is 17.7 Å². The maximum atomic E-state index is 11.4. The van der Waals surface area contributed by atoms with Gasteiger partial charge in [-0.15, -0.1) is 0 Å². The average molecular weight is 303 g/mol. The molecule has 0 unspecified atom stereocenters. The van der Waals surface area contributed by atoms with Gasteiger partial charge in [-0.3, -0.25) is 0 Å². The Hall–Kier alpha value is -0.680. The van der Waals surface area contributed by atoms with Gasteiger partial charge < -0.3 is 4.79 Å². The molecular formula is C11H11BrO3S. The van der Waals surface area contributed by atoms with Crippen molar-refractivity contribution in [3.05, 3.63) is 34.3 Å². The van der Waals surface area contributed by atoms with Crippen LogP contribution in [0.2, 0.25) is 0 Å². The molecule has 1 aromatic carbocycles. The first-order valence-electron chi connectivity index (χ1n) is 4.85. The van der Waals surface area contributed by atoms with Crippen LogP contribution in [-0.2, 0) is 14.6 Å². The van der Waals surface area contributed by atoms with E-state index in [-0.39, 0.29) is 11.8 Å². The summed E-state index contributed by atoms with van der Waals surface area (Å²) in [6.45, 7) is 0. The van der Waals surface area contributed by atoms with Crippen LogP contribution < -0.4 is 0 Å². The van der Waals surface area contributed by atoms with Gasteiger partial charge in [0.1, 0.15) is 6.29 Å². The van der Waals surface area contributed by atoms with Gasteiger partial charge in [-0.1, -0.05) is 28.1 Å². The first-order valence-corrected chi connectivity index (χ1v) is 7.59. The van der Waals surface area contributed by atoms with Gasteiger partial charge in [0, 0.05) is 22.6 Å². The van der Waals surface area contributed by atoms with Crippen LogP contribution in [0.1, 0.15) is 11.5 Å². The molecule has 3 atom stereocenters. The molecule has 0 radical (unpaired) electrons. The van der Waals surface area contributed by atoms with Crippen molar-refractivity contribution in [3.63, 3.8) is 0 Å². The molecule has 0 saturated heterocycles. The molecule has 0 aliphatic heterocycles. The molecule has 0 N–H and O–H groups in total. The van der Waals surface area contributed by atoms with Crippen molar-refractivity contribution < 1.29 is 13.2 Å². The summed E-state index contributed by atoms with van der Waals surface area (Å²) >= 11 is 3.31. The Kier molecular flexibility index (Phi) is 2.92. The minimum absolute atomic E-state index is 0.166. The third kappa shape index (κ3) is 2.06. The lowest BCUT2D eigenvalue weighted by molar-refractivity contribution is -0.108. The molecule has 0 bridgehead atoms. The van der Waals surface area contributed by atoms with Crippen LogP contribution in [0.15, 0.2) is 28.7 Å². The molecule has 1 aliphatic carbocycles. The fourth-order valence-corrected chi connectivity index (χ4v) is 3.97. The number of rotatable bonds is 3. The van der Waals surface area contributed by atoms with Crippen molar-refractivity contribution in [3.8, 4) is 0 Å². The van der Waals surface area contributed by atoms with E-state index in [9.17, 15) is 13.2 Å². The van der Waals surface area contributed by atoms with E-state index >= 15 is 0 Å². The Bertz CT molecular complexity index is 507. The first-order chi connectivity index (χ1) is 7.45. The monoisotopic (exact) mass is 302 g/mol. The summed E-state index contributed by atoms with van der Waals surface area (Å²) < 4.78 is 23.8. The molecule has 2 rings (SSSR count). The van der Waals surface area contributed by atoms with E-state index in [1.165, 1.54) is 6.26 Å². The van der Waals surface area contributed by atoms with Crippen LogP contribution >= 0.6 is 15.9 Å². The smallest absolute Gasteiger partial charge is 0.151 e. The average Bonchev–Trinajstić information content (AvgIpc) is 2.92. The summed E-state index contributed by atoms with van der Waals surface area (Å²) in [5.74, 6) is -0.545.